The lowest BCUT2D eigenvalue weighted by Gasteiger charge is -2.28. The molecule has 0 bridgehead atoms. The van der Waals surface area contributed by atoms with Gasteiger partial charge in [-0.05, 0) is 18.3 Å². The molecule has 0 aromatic rings. The molecule has 0 aliphatic heterocycles. The van der Waals surface area contributed by atoms with Gasteiger partial charge in [0.1, 0.15) is 6.61 Å². The fourth-order valence-electron chi connectivity index (χ4n) is 2.12. The molecule has 0 aromatic carbocycles. The molecule has 3 heteroatoms. The maximum Gasteiger partial charge on any atom is 0.245 e. The molecule has 0 aromatic heterocycles. The van der Waals surface area contributed by atoms with Gasteiger partial charge in [-0.15, -0.1) is 0 Å². The summed E-state index contributed by atoms with van der Waals surface area (Å²) < 4.78 is 4.76. The number of rotatable bonds is 4. The van der Waals surface area contributed by atoms with Gasteiger partial charge in [0.15, 0.2) is 0 Å². The summed E-state index contributed by atoms with van der Waals surface area (Å²) in [6.45, 7) is 3.29. The molecule has 1 fully saturated rings. The maximum absolute atomic E-state index is 11.2. The molecule has 0 saturated heterocycles. The van der Waals surface area contributed by atoms with Crippen molar-refractivity contribution >= 4 is 5.91 Å². The van der Waals surface area contributed by atoms with Gasteiger partial charge in [0.2, 0.25) is 5.91 Å². The van der Waals surface area contributed by atoms with Gasteiger partial charge in [-0.25, -0.2) is 0 Å². The highest BCUT2D eigenvalue weighted by Crippen LogP contribution is 2.28. The lowest BCUT2D eigenvalue weighted by molar-refractivity contribution is -0.125. The lowest BCUT2D eigenvalue weighted by Crippen LogP contribution is -2.35. The van der Waals surface area contributed by atoms with Crippen LogP contribution in [-0.4, -0.2) is 26.2 Å². The summed E-state index contributed by atoms with van der Waals surface area (Å²) in [6, 6.07) is 0. The van der Waals surface area contributed by atoms with Crippen LogP contribution in [-0.2, 0) is 9.53 Å². The van der Waals surface area contributed by atoms with E-state index in [0.29, 0.717) is 5.92 Å². The number of hydrogen-bond donors (Lipinski definition) is 1. The van der Waals surface area contributed by atoms with Crippen molar-refractivity contribution in [1.29, 1.82) is 0 Å². The molecule has 1 amide bonds. The summed E-state index contributed by atoms with van der Waals surface area (Å²) in [5, 5.41) is 2.92. The fourth-order valence-corrected chi connectivity index (χ4v) is 2.12. The Morgan fingerprint density at radius 3 is 2.79 bits per heavy atom. The molecular weight excluding hydrogens is 178 g/mol. The van der Waals surface area contributed by atoms with Crippen molar-refractivity contribution in [1.82, 2.24) is 5.32 Å². The number of ether oxygens (including phenoxy) is 1. The second-order valence-corrected chi connectivity index (χ2v) is 4.26. The molecule has 14 heavy (non-hydrogen) atoms. The van der Waals surface area contributed by atoms with E-state index in [9.17, 15) is 4.79 Å². The zero-order chi connectivity index (χ0) is 10.4. The largest absolute Gasteiger partial charge is 0.375 e. The van der Waals surface area contributed by atoms with E-state index in [1.165, 1.54) is 25.7 Å². The zero-order valence-corrected chi connectivity index (χ0v) is 9.21. The quantitative estimate of drug-likeness (QED) is 0.746. The van der Waals surface area contributed by atoms with Gasteiger partial charge in [0.05, 0.1) is 0 Å². The Morgan fingerprint density at radius 1 is 1.43 bits per heavy atom. The van der Waals surface area contributed by atoms with Crippen molar-refractivity contribution in [3.8, 4) is 0 Å². The molecule has 1 saturated carbocycles. The number of hydrogen-bond acceptors (Lipinski definition) is 2. The summed E-state index contributed by atoms with van der Waals surface area (Å²) in [5.41, 5.74) is 0. The van der Waals surface area contributed by atoms with Gasteiger partial charge in [0.25, 0.3) is 0 Å². The molecule has 1 aliphatic rings. The van der Waals surface area contributed by atoms with E-state index in [4.69, 9.17) is 4.74 Å². The van der Waals surface area contributed by atoms with Crippen LogP contribution in [0.2, 0.25) is 0 Å². The minimum absolute atomic E-state index is 0.00488. The third kappa shape index (κ3) is 3.66. The number of carbonyl (C=O) groups is 1. The predicted molar refractivity (Wildman–Crippen MR) is 56.0 cm³/mol. The predicted octanol–water partition coefficient (Wildman–Crippen LogP) is 1.58. The molecular formula is C11H21NO2. The first-order chi connectivity index (χ1) is 6.74. The van der Waals surface area contributed by atoms with E-state index in [0.717, 1.165) is 12.5 Å². The average molecular weight is 199 g/mol. The highest BCUT2D eigenvalue weighted by atomic mass is 16.5. The fraction of sp³-hybridized carbons (Fsp3) is 0.909. The molecule has 0 heterocycles. The Labute approximate surface area is 86.2 Å². The van der Waals surface area contributed by atoms with Gasteiger partial charge in [-0.3, -0.25) is 4.79 Å². The van der Waals surface area contributed by atoms with E-state index < -0.39 is 0 Å². The van der Waals surface area contributed by atoms with Crippen LogP contribution in [0.4, 0.5) is 0 Å². The Bertz CT molecular complexity index is 182. The summed E-state index contributed by atoms with van der Waals surface area (Å²) in [7, 11) is 1.54. The molecule has 0 radical (unpaired) electrons. The number of methoxy groups -OCH3 is 1. The molecule has 82 valence electrons. The molecule has 2 unspecified atom stereocenters. The Hall–Kier alpha value is -0.570. The van der Waals surface area contributed by atoms with Crippen LogP contribution >= 0.6 is 0 Å². The highest BCUT2D eigenvalue weighted by Gasteiger charge is 2.21. The van der Waals surface area contributed by atoms with Crippen molar-refractivity contribution in [2.45, 2.75) is 32.6 Å². The van der Waals surface area contributed by atoms with Crippen LogP contribution in [0.15, 0.2) is 0 Å². The Kier molecular flexibility index (Phi) is 4.94. The van der Waals surface area contributed by atoms with Crippen LogP contribution in [0.1, 0.15) is 32.6 Å². The average Bonchev–Trinajstić information content (AvgIpc) is 2.17. The Balaban J connectivity index is 2.19. The van der Waals surface area contributed by atoms with Gasteiger partial charge in [-0.1, -0.05) is 26.2 Å². The summed E-state index contributed by atoms with van der Waals surface area (Å²) in [5.74, 6) is 1.43. The van der Waals surface area contributed by atoms with Crippen LogP contribution in [0.3, 0.4) is 0 Å². The topological polar surface area (TPSA) is 38.3 Å². The van der Waals surface area contributed by atoms with Crippen LogP contribution in [0.5, 0.6) is 0 Å². The van der Waals surface area contributed by atoms with Gasteiger partial charge in [0, 0.05) is 13.7 Å². The number of nitrogens with one attached hydrogen (secondary N) is 1. The maximum atomic E-state index is 11.2. The lowest BCUT2D eigenvalue weighted by atomic mass is 9.80. The first-order valence-corrected chi connectivity index (χ1v) is 5.49. The summed E-state index contributed by atoms with van der Waals surface area (Å²) in [6.07, 6.45) is 5.23. The second-order valence-electron chi connectivity index (χ2n) is 4.26. The van der Waals surface area contributed by atoms with Crippen LogP contribution < -0.4 is 5.32 Å². The van der Waals surface area contributed by atoms with E-state index in [-0.39, 0.29) is 12.5 Å². The number of amides is 1. The SMILES string of the molecule is COCC(=O)NCC1CCCCC1C. The third-order valence-corrected chi connectivity index (χ3v) is 3.13. The minimum Gasteiger partial charge on any atom is -0.375 e. The first kappa shape index (κ1) is 11.5. The molecule has 1 aliphatic carbocycles. The second kappa shape index (κ2) is 6.02. The standard InChI is InChI=1S/C11H21NO2/c1-9-5-3-4-6-10(9)7-12-11(13)8-14-2/h9-10H,3-8H2,1-2H3,(H,12,13). The molecule has 0 spiro atoms. The van der Waals surface area contributed by atoms with Crippen molar-refractivity contribution in [2.24, 2.45) is 11.8 Å². The molecule has 2 atom stereocenters. The Morgan fingerprint density at radius 2 is 2.14 bits per heavy atom. The van der Waals surface area contributed by atoms with Crippen molar-refractivity contribution in [2.75, 3.05) is 20.3 Å². The van der Waals surface area contributed by atoms with Crippen LogP contribution in [0, 0.1) is 11.8 Å². The monoisotopic (exact) mass is 199 g/mol. The van der Waals surface area contributed by atoms with Gasteiger partial charge in [-0.2, -0.15) is 0 Å². The first-order valence-electron chi connectivity index (χ1n) is 5.49. The van der Waals surface area contributed by atoms with E-state index in [2.05, 4.69) is 12.2 Å². The highest BCUT2D eigenvalue weighted by molar-refractivity contribution is 5.77. The van der Waals surface area contributed by atoms with E-state index in [1.54, 1.807) is 7.11 Å². The molecule has 1 N–H and O–H groups in total. The van der Waals surface area contributed by atoms with Gasteiger partial charge < -0.3 is 10.1 Å². The summed E-state index contributed by atoms with van der Waals surface area (Å²) >= 11 is 0. The molecule has 3 nitrogen and oxygen atoms in total. The van der Waals surface area contributed by atoms with E-state index in [1.807, 2.05) is 0 Å². The summed E-state index contributed by atoms with van der Waals surface area (Å²) in [4.78, 5) is 11.2. The third-order valence-electron chi connectivity index (χ3n) is 3.13. The van der Waals surface area contributed by atoms with Crippen LogP contribution in [0.25, 0.3) is 0 Å². The van der Waals surface area contributed by atoms with Gasteiger partial charge >= 0.3 is 0 Å². The smallest absolute Gasteiger partial charge is 0.245 e. The van der Waals surface area contributed by atoms with Crippen molar-refractivity contribution in [3.63, 3.8) is 0 Å². The van der Waals surface area contributed by atoms with Crippen molar-refractivity contribution in [3.05, 3.63) is 0 Å². The minimum atomic E-state index is 0.00488. The zero-order valence-electron chi connectivity index (χ0n) is 9.21. The normalized spacial score (nSPS) is 27.3. The molecule has 1 rings (SSSR count). The van der Waals surface area contributed by atoms with Crippen molar-refractivity contribution < 1.29 is 9.53 Å². The van der Waals surface area contributed by atoms with E-state index >= 15 is 0 Å². The number of carbonyl (C=O) groups excluding carboxylic acids is 1.